The largest absolute Gasteiger partial charge is 0.381 e. The van der Waals surface area contributed by atoms with E-state index in [1.165, 1.54) is 31.2 Å². The molecule has 1 N–H and O–H groups in total. The standard InChI is InChI=1S/C17H24N2/c1-12(2)15-9-4-5-10-16(15)19-17-13(3)7-6-8-14(17)11-18/h6-8,12,15-16,19H,4-5,9-10H2,1-3H3. The summed E-state index contributed by atoms with van der Waals surface area (Å²) in [6.07, 6.45) is 5.18. The third-order valence-corrected chi connectivity index (χ3v) is 4.40. The van der Waals surface area contributed by atoms with Gasteiger partial charge in [-0.2, -0.15) is 5.26 Å². The number of para-hydroxylation sites is 1. The second-order valence-corrected chi connectivity index (χ2v) is 6.05. The van der Waals surface area contributed by atoms with Crippen molar-refractivity contribution in [3.8, 4) is 6.07 Å². The molecule has 0 spiro atoms. The average molecular weight is 256 g/mol. The number of hydrogen-bond donors (Lipinski definition) is 1. The SMILES string of the molecule is Cc1cccc(C#N)c1NC1CCCCC1C(C)C. The van der Waals surface area contributed by atoms with Crippen molar-refractivity contribution in [2.45, 2.75) is 52.5 Å². The van der Waals surface area contributed by atoms with Crippen molar-refractivity contribution < 1.29 is 0 Å². The van der Waals surface area contributed by atoms with Crippen molar-refractivity contribution >= 4 is 5.69 Å². The Hall–Kier alpha value is -1.49. The fourth-order valence-electron chi connectivity index (χ4n) is 3.27. The van der Waals surface area contributed by atoms with Gasteiger partial charge < -0.3 is 5.32 Å². The summed E-state index contributed by atoms with van der Waals surface area (Å²) in [7, 11) is 0. The molecule has 19 heavy (non-hydrogen) atoms. The molecule has 2 atom stereocenters. The first kappa shape index (κ1) is 13.9. The van der Waals surface area contributed by atoms with Crippen LogP contribution < -0.4 is 5.32 Å². The van der Waals surface area contributed by atoms with Crippen LogP contribution in [-0.2, 0) is 0 Å². The number of rotatable bonds is 3. The van der Waals surface area contributed by atoms with E-state index >= 15 is 0 Å². The summed E-state index contributed by atoms with van der Waals surface area (Å²) in [5.41, 5.74) is 2.99. The molecule has 102 valence electrons. The second-order valence-electron chi connectivity index (χ2n) is 6.05. The van der Waals surface area contributed by atoms with Crippen molar-refractivity contribution in [3.63, 3.8) is 0 Å². The van der Waals surface area contributed by atoms with Gasteiger partial charge in [0, 0.05) is 6.04 Å². The number of nitriles is 1. The molecular weight excluding hydrogens is 232 g/mol. The van der Waals surface area contributed by atoms with E-state index in [2.05, 4.69) is 38.2 Å². The molecule has 1 aromatic carbocycles. The monoisotopic (exact) mass is 256 g/mol. The minimum absolute atomic E-state index is 0.516. The molecule has 0 saturated heterocycles. The molecule has 0 heterocycles. The van der Waals surface area contributed by atoms with Crippen molar-refractivity contribution in [3.05, 3.63) is 29.3 Å². The van der Waals surface area contributed by atoms with Gasteiger partial charge in [0.25, 0.3) is 0 Å². The maximum absolute atomic E-state index is 9.26. The van der Waals surface area contributed by atoms with Crippen molar-refractivity contribution in [2.24, 2.45) is 11.8 Å². The lowest BCUT2D eigenvalue weighted by Gasteiger charge is -2.36. The molecule has 0 amide bonds. The highest BCUT2D eigenvalue weighted by Gasteiger charge is 2.28. The van der Waals surface area contributed by atoms with Gasteiger partial charge in [-0.05, 0) is 43.2 Å². The van der Waals surface area contributed by atoms with Gasteiger partial charge in [-0.25, -0.2) is 0 Å². The Bertz CT molecular complexity index is 471. The molecule has 2 unspecified atom stereocenters. The van der Waals surface area contributed by atoms with Crippen molar-refractivity contribution in [1.29, 1.82) is 5.26 Å². The predicted octanol–water partition coefficient (Wildman–Crippen LogP) is 4.49. The van der Waals surface area contributed by atoms with E-state index in [-0.39, 0.29) is 0 Å². The summed E-state index contributed by atoms with van der Waals surface area (Å²) in [5, 5.41) is 12.9. The lowest BCUT2D eigenvalue weighted by Crippen LogP contribution is -2.35. The van der Waals surface area contributed by atoms with Crippen LogP contribution in [0.5, 0.6) is 0 Å². The molecular formula is C17H24N2. The van der Waals surface area contributed by atoms with Crippen LogP contribution in [-0.4, -0.2) is 6.04 Å². The molecule has 0 bridgehead atoms. The molecule has 1 aromatic rings. The molecule has 0 aliphatic heterocycles. The topological polar surface area (TPSA) is 35.8 Å². The first-order valence-corrected chi connectivity index (χ1v) is 7.39. The Morgan fingerprint density at radius 3 is 2.68 bits per heavy atom. The second kappa shape index (κ2) is 6.10. The Balaban J connectivity index is 2.22. The van der Waals surface area contributed by atoms with Gasteiger partial charge in [0.15, 0.2) is 0 Å². The van der Waals surface area contributed by atoms with Crippen molar-refractivity contribution in [1.82, 2.24) is 0 Å². The third-order valence-electron chi connectivity index (χ3n) is 4.40. The van der Waals surface area contributed by atoms with E-state index < -0.39 is 0 Å². The van der Waals surface area contributed by atoms with Gasteiger partial charge in [-0.3, -0.25) is 0 Å². The molecule has 2 rings (SSSR count). The first-order chi connectivity index (χ1) is 9.13. The predicted molar refractivity (Wildman–Crippen MR) is 80.1 cm³/mol. The summed E-state index contributed by atoms with van der Waals surface area (Å²) < 4.78 is 0. The van der Waals surface area contributed by atoms with Crippen LogP contribution in [0.25, 0.3) is 0 Å². The first-order valence-electron chi connectivity index (χ1n) is 7.39. The quantitative estimate of drug-likeness (QED) is 0.864. The smallest absolute Gasteiger partial charge is 0.101 e. The van der Waals surface area contributed by atoms with E-state index in [4.69, 9.17) is 0 Å². The van der Waals surface area contributed by atoms with Crippen LogP contribution in [0.3, 0.4) is 0 Å². The number of benzene rings is 1. The highest BCUT2D eigenvalue weighted by molar-refractivity contribution is 5.62. The van der Waals surface area contributed by atoms with Crippen LogP contribution in [0.15, 0.2) is 18.2 Å². The minimum Gasteiger partial charge on any atom is -0.381 e. The summed E-state index contributed by atoms with van der Waals surface area (Å²) in [6.45, 7) is 6.71. The number of anilines is 1. The van der Waals surface area contributed by atoms with Crippen LogP contribution in [0.2, 0.25) is 0 Å². The summed E-state index contributed by atoms with van der Waals surface area (Å²) >= 11 is 0. The molecule has 2 heteroatoms. The Morgan fingerprint density at radius 2 is 2.00 bits per heavy atom. The van der Waals surface area contributed by atoms with Gasteiger partial charge in [-0.15, -0.1) is 0 Å². The van der Waals surface area contributed by atoms with Crippen LogP contribution in [0.4, 0.5) is 5.69 Å². The van der Waals surface area contributed by atoms with Gasteiger partial charge in [0.1, 0.15) is 6.07 Å². The normalized spacial score (nSPS) is 23.1. The fourth-order valence-corrected chi connectivity index (χ4v) is 3.27. The zero-order valence-corrected chi connectivity index (χ0v) is 12.2. The molecule has 1 aliphatic carbocycles. The fraction of sp³-hybridized carbons (Fsp3) is 0.588. The van der Waals surface area contributed by atoms with Gasteiger partial charge in [0.2, 0.25) is 0 Å². The number of nitrogens with zero attached hydrogens (tertiary/aromatic N) is 1. The Labute approximate surface area is 116 Å². The maximum Gasteiger partial charge on any atom is 0.101 e. The zero-order valence-electron chi connectivity index (χ0n) is 12.2. The van der Waals surface area contributed by atoms with E-state index in [0.29, 0.717) is 12.0 Å². The average Bonchev–Trinajstić information content (AvgIpc) is 2.41. The summed E-state index contributed by atoms with van der Waals surface area (Å²) in [6, 6.07) is 8.77. The molecule has 1 saturated carbocycles. The van der Waals surface area contributed by atoms with E-state index in [1.54, 1.807) is 0 Å². The number of hydrogen-bond acceptors (Lipinski definition) is 2. The minimum atomic E-state index is 0.516. The van der Waals surface area contributed by atoms with Gasteiger partial charge in [-0.1, -0.05) is 38.8 Å². The summed E-state index contributed by atoms with van der Waals surface area (Å²) in [5.74, 6) is 1.42. The molecule has 0 aromatic heterocycles. The van der Waals surface area contributed by atoms with Crippen LogP contribution in [0.1, 0.15) is 50.7 Å². The Morgan fingerprint density at radius 1 is 1.26 bits per heavy atom. The highest BCUT2D eigenvalue weighted by Crippen LogP contribution is 2.33. The zero-order chi connectivity index (χ0) is 13.8. The third kappa shape index (κ3) is 3.10. The molecule has 0 radical (unpaired) electrons. The van der Waals surface area contributed by atoms with E-state index in [1.807, 2.05) is 12.1 Å². The van der Waals surface area contributed by atoms with E-state index in [9.17, 15) is 5.26 Å². The van der Waals surface area contributed by atoms with Crippen LogP contribution >= 0.6 is 0 Å². The molecule has 1 aliphatic rings. The van der Waals surface area contributed by atoms with Crippen LogP contribution in [0, 0.1) is 30.1 Å². The number of aryl methyl sites for hydroxylation is 1. The lowest BCUT2D eigenvalue weighted by atomic mass is 9.77. The molecule has 2 nitrogen and oxygen atoms in total. The Kier molecular flexibility index (Phi) is 4.47. The molecule has 1 fully saturated rings. The lowest BCUT2D eigenvalue weighted by molar-refractivity contribution is 0.253. The maximum atomic E-state index is 9.26. The number of nitrogens with one attached hydrogen (secondary N) is 1. The van der Waals surface area contributed by atoms with Gasteiger partial charge >= 0.3 is 0 Å². The summed E-state index contributed by atoms with van der Waals surface area (Å²) in [4.78, 5) is 0. The van der Waals surface area contributed by atoms with Gasteiger partial charge in [0.05, 0.1) is 11.3 Å². The van der Waals surface area contributed by atoms with Crippen molar-refractivity contribution in [2.75, 3.05) is 5.32 Å². The highest BCUT2D eigenvalue weighted by atomic mass is 14.9. The van der Waals surface area contributed by atoms with E-state index in [0.717, 1.165) is 17.2 Å².